The van der Waals surface area contributed by atoms with Gasteiger partial charge >= 0.3 is 0 Å². The minimum absolute atomic E-state index is 0.162. The SMILES string of the molecule is Brc1ccc(C2=C[C@@H](c3ccco3)n3nnnc3N2)cc1. The summed E-state index contributed by atoms with van der Waals surface area (Å²) in [6, 6.07) is 11.7. The number of allylic oxidation sites excluding steroid dienone is 1. The van der Waals surface area contributed by atoms with Crippen LogP contribution in [-0.4, -0.2) is 20.2 Å². The Balaban J connectivity index is 1.80. The smallest absolute Gasteiger partial charge is 0.248 e. The Hall–Kier alpha value is -2.41. The number of nitrogens with one attached hydrogen (secondary N) is 1. The summed E-state index contributed by atoms with van der Waals surface area (Å²) in [6.45, 7) is 0. The number of halogens is 1. The van der Waals surface area contributed by atoms with Crippen molar-refractivity contribution in [1.29, 1.82) is 0 Å². The molecule has 21 heavy (non-hydrogen) atoms. The molecule has 2 aromatic heterocycles. The van der Waals surface area contributed by atoms with Crippen LogP contribution in [0.5, 0.6) is 0 Å². The summed E-state index contributed by atoms with van der Waals surface area (Å²) in [5, 5.41) is 15.0. The van der Waals surface area contributed by atoms with Gasteiger partial charge in [-0.05, 0) is 46.3 Å². The summed E-state index contributed by atoms with van der Waals surface area (Å²) >= 11 is 3.44. The van der Waals surface area contributed by atoms with Crippen LogP contribution in [0.4, 0.5) is 5.95 Å². The van der Waals surface area contributed by atoms with Crippen molar-refractivity contribution < 1.29 is 4.42 Å². The van der Waals surface area contributed by atoms with Crippen LogP contribution >= 0.6 is 15.9 Å². The van der Waals surface area contributed by atoms with E-state index in [1.807, 2.05) is 42.5 Å². The van der Waals surface area contributed by atoms with Gasteiger partial charge in [0, 0.05) is 10.2 Å². The third-order valence-electron chi connectivity index (χ3n) is 3.32. The average molecular weight is 344 g/mol. The fourth-order valence-electron chi connectivity index (χ4n) is 2.31. The summed E-state index contributed by atoms with van der Waals surface area (Å²) in [6.07, 6.45) is 3.69. The lowest BCUT2D eigenvalue weighted by molar-refractivity contribution is 0.443. The molecule has 3 aromatic rings. The molecule has 0 amide bonds. The highest BCUT2D eigenvalue weighted by atomic mass is 79.9. The standard InChI is InChI=1S/C14H10BrN5O/c15-10-5-3-9(4-6-10)11-8-12(13-2-1-7-21-13)20-14(16-11)17-18-19-20/h1-8,12H,(H,16,17,19)/t12-/m0/s1. The number of tetrazole rings is 1. The molecule has 0 unspecified atom stereocenters. The van der Waals surface area contributed by atoms with Gasteiger partial charge in [-0.25, -0.2) is 0 Å². The Kier molecular flexibility index (Phi) is 2.85. The maximum atomic E-state index is 5.51. The van der Waals surface area contributed by atoms with E-state index in [0.717, 1.165) is 21.5 Å². The van der Waals surface area contributed by atoms with E-state index in [1.165, 1.54) is 0 Å². The number of aromatic nitrogens is 4. The molecular weight excluding hydrogens is 334 g/mol. The predicted octanol–water partition coefficient (Wildman–Crippen LogP) is 3.08. The highest BCUT2D eigenvalue weighted by Gasteiger charge is 2.25. The molecule has 0 spiro atoms. The molecule has 104 valence electrons. The van der Waals surface area contributed by atoms with Gasteiger partial charge in [0.1, 0.15) is 11.8 Å². The van der Waals surface area contributed by atoms with Gasteiger partial charge in [0.05, 0.1) is 6.26 Å². The Morgan fingerprint density at radius 3 is 2.81 bits per heavy atom. The molecule has 1 N–H and O–H groups in total. The molecular formula is C14H10BrN5O. The van der Waals surface area contributed by atoms with E-state index in [-0.39, 0.29) is 6.04 Å². The summed E-state index contributed by atoms with van der Waals surface area (Å²) in [5.41, 5.74) is 2.01. The first-order valence-electron chi connectivity index (χ1n) is 6.37. The molecule has 3 heterocycles. The third-order valence-corrected chi connectivity index (χ3v) is 3.85. The molecule has 0 saturated carbocycles. The fraction of sp³-hybridized carbons (Fsp3) is 0.0714. The topological polar surface area (TPSA) is 68.8 Å². The van der Waals surface area contributed by atoms with Crippen molar-refractivity contribution in [3.8, 4) is 0 Å². The van der Waals surface area contributed by atoms with E-state index in [9.17, 15) is 0 Å². The van der Waals surface area contributed by atoms with Crippen LogP contribution in [0.15, 0.2) is 57.6 Å². The third kappa shape index (κ3) is 2.15. The zero-order valence-electron chi connectivity index (χ0n) is 10.8. The molecule has 0 radical (unpaired) electrons. The van der Waals surface area contributed by atoms with Crippen molar-refractivity contribution in [2.45, 2.75) is 6.04 Å². The second-order valence-corrected chi connectivity index (χ2v) is 5.54. The highest BCUT2D eigenvalue weighted by molar-refractivity contribution is 9.10. The number of fused-ring (bicyclic) bond motifs is 1. The Bertz CT molecular complexity index is 791. The minimum Gasteiger partial charge on any atom is -0.467 e. The first kappa shape index (κ1) is 12.3. The zero-order valence-corrected chi connectivity index (χ0v) is 12.4. The Labute approximate surface area is 128 Å². The molecule has 0 fully saturated rings. The number of hydrogen-bond acceptors (Lipinski definition) is 5. The van der Waals surface area contributed by atoms with Crippen LogP contribution < -0.4 is 5.32 Å². The van der Waals surface area contributed by atoms with Crippen molar-refractivity contribution in [2.24, 2.45) is 0 Å². The number of hydrogen-bond donors (Lipinski definition) is 1. The largest absolute Gasteiger partial charge is 0.467 e. The van der Waals surface area contributed by atoms with Gasteiger partial charge in [0.25, 0.3) is 0 Å². The lowest BCUT2D eigenvalue weighted by Gasteiger charge is -2.21. The van der Waals surface area contributed by atoms with Crippen LogP contribution in [0, 0.1) is 0 Å². The second kappa shape index (κ2) is 4.85. The van der Waals surface area contributed by atoms with E-state index in [4.69, 9.17) is 4.42 Å². The van der Waals surface area contributed by atoms with Crippen molar-refractivity contribution in [1.82, 2.24) is 20.2 Å². The van der Waals surface area contributed by atoms with Gasteiger partial charge in [0.2, 0.25) is 5.95 Å². The van der Waals surface area contributed by atoms with E-state index >= 15 is 0 Å². The highest BCUT2D eigenvalue weighted by Crippen LogP contribution is 2.31. The molecule has 6 nitrogen and oxygen atoms in total. The molecule has 0 saturated heterocycles. The summed E-state index contributed by atoms with van der Waals surface area (Å²) in [7, 11) is 0. The molecule has 7 heteroatoms. The summed E-state index contributed by atoms with van der Waals surface area (Å²) in [4.78, 5) is 0. The van der Waals surface area contributed by atoms with Crippen molar-refractivity contribution in [3.63, 3.8) is 0 Å². The minimum atomic E-state index is -0.162. The van der Waals surface area contributed by atoms with Gasteiger partial charge in [-0.15, -0.1) is 0 Å². The van der Waals surface area contributed by atoms with Gasteiger partial charge in [-0.3, -0.25) is 0 Å². The van der Waals surface area contributed by atoms with E-state index in [2.05, 4.69) is 36.8 Å². The molecule has 0 bridgehead atoms. The molecule has 4 rings (SSSR count). The maximum absolute atomic E-state index is 5.51. The lowest BCUT2D eigenvalue weighted by atomic mass is 10.1. The first-order valence-corrected chi connectivity index (χ1v) is 7.16. The van der Waals surface area contributed by atoms with Gasteiger partial charge in [0.15, 0.2) is 0 Å². The zero-order chi connectivity index (χ0) is 14.2. The Morgan fingerprint density at radius 1 is 1.19 bits per heavy atom. The number of furan rings is 1. The van der Waals surface area contributed by atoms with Crippen molar-refractivity contribution in [3.05, 3.63) is 64.5 Å². The fourth-order valence-corrected chi connectivity index (χ4v) is 2.58. The first-order chi connectivity index (χ1) is 10.3. The molecule has 1 atom stereocenters. The van der Waals surface area contributed by atoms with Crippen LogP contribution in [0.3, 0.4) is 0 Å². The number of rotatable bonds is 2. The summed E-state index contributed by atoms with van der Waals surface area (Å²) in [5.74, 6) is 1.39. The predicted molar refractivity (Wildman–Crippen MR) is 80.4 cm³/mol. The van der Waals surface area contributed by atoms with Crippen LogP contribution in [-0.2, 0) is 0 Å². The molecule has 1 aromatic carbocycles. The van der Waals surface area contributed by atoms with Crippen LogP contribution in [0.25, 0.3) is 5.70 Å². The number of anilines is 1. The van der Waals surface area contributed by atoms with E-state index in [1.54, 1.807) is 10.9 Å². The van der Waals surface area contributed by atoms with Crippen LogP contribution in [0.2, 0.25) is 0 Å². The lowest BCUT2D eigenvalue weighted by Crippen LogP contribution is -2.19. The molecule has 0 aliphatic carbocycles. The quantitative estimate of drug-likeness (QED) is 0.774. The number of nitrogens with zero attached hydrogens (tertiary/aromatic N) is 4. The molecule has 1 aliphatic rings. The van der Waals surface area contributed by atoms with Gasteiger partial charge < -0.3 is 9.73 Å². The maximum Gasteiger partial charge on any atom is 0.248 e. The van der Waals surface area contributed by atoms with Gasteiger partial charge in [-0.1, -0.05) is 33.2 Å². The second-order valence-electron chi connectivity index (χ2n) is 4.62. The van der Waals surface area contributed by atoms with Crippen molar-refractivity contribution in [2.75, 3.05) is 5.32 Å². The van der Waals surface area contributed by atoms with E-state index < -0.39 is 0 Å². The van der Waals surface area contributed by atoms with Crippen molar-refractivity contribution >= 4 is 27.6 Å². The number of benzene rings is 1. The average Bonchev–Trinajstić information content (AvgIpc) is 3.18. The Morgan fingerprint density at radius 2 is 2.05 bits per heavy atom. The van der Waals surface area contributed by atoms with Gasteiger partial charge in [-0.2, -0.15) is 4.68 Å². The normalized spacial score (nSPS) is 17.0. The van der Waals surface area contributed by atoms with E-state index in [0.29, 0.717) is 5.95 Å². The summed E-state index contributed by atoms with van der Waals surface area (Å²) < 4.78 is 8.24. The monoisotopic (exact) mass is 343 g/mol. The molecule has 1 aliphatic heterocycles. The van der Waals surface area contributed by atoms with Crippen LogP contribution in [0.1, 0.15) is 17.4 Å².